The molecule has 1 atom stereocenters. The lowest BCUT2D eigenvalue weighted by atomic mass is 10.0. The normalized spacial score (nSPS) is 11.8. The number of aryl methyl sites for hydroxylation is 1. The smallest absolute Gasteiger partial charge is 0.262 e. The van der Waals surface area contributed by atoms with Crippen molar-refractivity contribution in [1.82, 2.24) is 10.7 Å². The molecule has 3 aromatic rings. The Labute approximate surface area is 206 Å². The van der Waals surface area contributed by atoms with E-state index in [9.17, 15) is 9.59 Å². The van der Waals surface area contributed by atoms with E-state index in [4.69, 9.17) is 9.47 Å². The second-order valence-electron chi connectivity index (χ2n) is 8.50. The van der Waals surface area contributed by atoms with Crippen LogP contribution in [0.1, 0.15) is 40.9 Å². The van der Waals surface area contributed by atoms with Crippen molar-refractivity contribution in [3.05, 3.63) is 95.1 Å². The van der Waals surface area contributed by atoms with Crippen LogP contribution in [0.2, 0.25) is 0 Å². The number of nitrogens with one attached hydrogen (secondary N) is 2. The van der Waals surface area contributed by atoms with Gasteiger partial charge in [-0.05, 0) is 72.5 Å². The molecule has 7 heteroatoms. The molecule has 2 amide bonds. The summed E-state index contributed by atoms with van der Waals surface area (Å²) in [7, 11) is 1.56. The van der Waals surface area contributed by atoms with Gasteiger partial charge in [-0.15, -0.1) is 0 Å². The van der Waals surface area contributed by atoms with Crippen LogP contribution in [0.5, 0.6) is 11.5 Å². The van der Waals surface area contributed by atoms with Crippen molar-refractivity contribution in [1.29, 1.82) is 0 Å². The molecule has 0 heterocycles. The van der Waals surface area contributed by atoms with Crippen LogP contribution < -0.4 is 20.2 Å². The second-order valence-corrected chi connectivity index (χ2v) is 8.50. The number of carbonyl (C=O) groups excluding carboxylic acids is 2. The van der Waals surface area contributed by atoms with Crippen molar-refractivity contribution in [2.45, 2.75) is 33.4 Å². The Morgan fingerprint density at radius 2 is 1.54 bits per heavy atom. The molecule has 0 aliphatic rings. The second kappa shape index (κ2) is 12.4. The fourth-order valence-electron chi connectivity index (χ4n) is 3.24. The minimum atomic E-state index is -0.737. The highest BCUT2D eigenvalue weighted by Gasteiger charge is 2.24. The van der Waals surface area contributed by atoms with Crippen LogP contribution in [-0.4, -0.2) is 31.2 Å². The molecule has 0 radical (unpaired) electrons. The van der Waals surface area contributed by atoms with Gasteiger partial charge in [-0.3, -0.25) is 9.59 Å². The molecule has 2 N–H and O–H groups in total. The number of methoxy groups -OCH3 is 1. The minimum absolute atomic E-state index is 0.127. The number of ether oxygens (including phenoxy) is 2. The zero-order valence-corrected chi connectivity index (χ0v) is 20.4. The van der Waals surface area contributed by atoms with E-state index in [-0.39, 0.29) is 11.8 Å². The van der Waals surface area contributed by atoms with Crippen molar-refractivity contribution in [3.8, 4) is 11.5 Å². The van der Waals surface area contributed by atoms with Crippen molar-refractivity contribution >= 4 is 18.0 Å². The van der Waals surface area contributed by atoms with Crippen LogP contribution in [0.4, 0.5) is 0 Å². The summed E-state index contributed by atoms with van der Waals surface area (Å²) >= 11 is 0. The Morgan fingerprint density at radius 1 is 0.914 bits per heavy atom. The highest BCUT2D eigenvalue weighted by atomic mass is 16.5. The molecule has 0 aromatic heterocycles. The third-order valence-corrected chi connectivity index (χ3v) is 5.38. The SMILES string of the molecule is COc1ccc(C(=O)NC(C(=O)N/N=C/c2ccc(OCc3ccc(C)cc3)cc2)C(C)C)cc1. The Balaban J connectivity index is 1.52. The summed E-state index contributed by atoms with van der Waals surface area (Å²) in [6.07, 6.45) is 1.55. The highest BCUT2D eigenvalue weighted by Crippen LogP contribution is 2.14. The molecule has 1 unspecified atom stereocenters. The molecule has 0 aliphatic heterocycles. The largest absolute Gasteiger partial charge is 0.497 e. The van der Waals surface area contributed by atoms with Crippen molar-refractivity contribution in [2.24, 2.45) is 11.0 Å². The topological polar surface area (TPSA) is 89.0 Å². The standard InChI is InChI=1S/C28H31N3O4/c1-19(2)26(30-27(32)23-11-15-24(34-4)16-12-23)28(33)31-29-17-21-9-13-25(14-10-21)35-18-22-7-5-20(3)6-8-22/h5-17,19,26H,18H2,1-4H3,(H,30,32)(H,31,33)/b29-17+. The summed E-state index contributed by atoms with van der Waals surface area (Å²) in [6, 6.07) is 21.6. The first-order valence-electron chi connectivity index (χ1n) is 11.4. The monoisotopic (exact) mass is 473 g/mol. The number of nitrogens with zero attached hydrogens (tertiary/aromatic N) is 1. The van der Waals surface area contributed by atoms with Gasteiger partial charge in [-0.1, -0.05) is 43.7 Å². The van der Waals surface area contributed by atoms with Gasteiger partial charge in [0.05, 0.1) is 13.3 Å². The summed E-state index contributed by atoms with van der Waals surface area (Å²) in [5, 5.41) is 6.82. The maximum Gasteiger partial charge on any atom is 0.262 e. The molecular weight excluding hydrogens is 442 g/mol. The Bertz CT molecular complexity index is 1140. The number of amides is 2. The Kier molecular flexibility index (Phi) is 9.01. The fraction of sp³-hybridized carbons (Fsp3) is 0.250. The number of hydrogen-bond acceptors (Lipinski definition) is 5. The third kappa shape index (κ3) is 7.71. The van der Waals surface area contributed by atoms with Crippen LogP contribution in [0.15, 0.2) is 77.9 Å². The molecule has 7 nitrogen and oxygen atoms in total. The molecule has 35 heavy (non-hydrogen) atoms. The van der Waals surface area contributed by atoms with E-state index < -0.39 is 11.9 Å². The summed E-state index contributed by atoms with van der Waals surface area (Å²) in [4.78, 5) is 25.2. The summed E-state index contributed by atoms with van der Waals surface area (Å²) in [5.41, 5.74) is 6.07. The number of hydrogen-bond donors (Lipinski definition) is 2. The molecule has 3 aromatic carbocycles. The van der Waals surface area contributed by atoms with E-state index in [1.54, 1.807) is 37.6 Å². The zero-order valence-electron chi connectivity index (χ0n) is 20.4. The number of hydrazone groups is 1. The fourth-order valence-corrected chi connectivity index (χ4v) is 3.24. The average molecular weight is 474 g/mol. The van der Waals surface area contributed by atoms with Gasteiger partial charge in [0.1, 0.15) is 24.1 Å². The van der Waals surface area contributed by atoms with Crippen LogP contribution in [-0.2, 0) is 11.4 Å². The van der Waals surface area contributed by atoms with Crippen LogP contribution >= 0.6 is 0 Å². The highest BCUT2D eigenvalue weighted by molar-refractivity contribution is 5.97. The van der Waals surface area contributed by atoms with Crippen LogP contribution in [0, 0.1) is 12.8 Å². The molecule has 0 fully saturated rings. The molecule has 3 rings (SSSR count). The first-order chi connectivity index (χ1) is 16.9. The molecule has 0 spiro atoms. The van der Waals surface area contributed by atoms with Crippen molar-refractivity contribution in [3.63, 3.8) is 0 Å². The third-order valence-electron chi connectivity index (χ3n) is 5.38. The van der Waals surface area contributed by atoms with Crippen molar-refractivity contribution < 1.29 is 19.1 Å². The van der Waals surface area contributed by atoms with E-state index in [1.807, 2.05) is 50.2 Å². The molecule has 182 valence electrons. The van der Waals surface area contributed by atoms with Gasteiger partial charge in [0.15, 0.2) is 0 Å². The Morgan fingerprint density at radius 3 is 2.14 bits per heavy atom. The van der Waals surface area contributed by atoms with E-state index in [0.717, 1.165) is 16.9 Å². The van der Waals surface area contributed by atoms with Crippen LogP contribution in [0.25, 0.3) is 0 Å². The van der Waals surface area contributed by atoms with E-state index in [0.29, 0.717) is 17.9 Å². The predicted octanol–water partition coefficient (Wildman–Crippen LogP) is 4.49. The van der Waals surface area contributed by atoms with Crippen molar-refractivity contribution in [2.75, 3.05) is 7.11 Å². The Hall–Kier alpha value is -4.13. The molecular formula is C28H31N3O4. The first-order valence-corrected chi connectivity index (χ1v) is 11.4. The lowest BCUT2D eigenvalue weighted by molar-refractivity contribution is -0.123. The van der Waals surface area contributed by atoms with E-state index >= 15 is 0 Å². The number of carbonyl (C=O) groups is 2. The van der Waals surface area contributed by atoms with Gasteiger partial charge >= 0.3 is 0 Å². The molecule has 0 saturated carbocycles. The quantitative estimate of drug-likeness (QED) is 0.335. The average Bonchev–Trinajstić information content (AvgIpc) is 2.87. The summed E-state index contributed by atoms with van der Waals surface area (Å²) in [5.74, 6) is 0.535. The summed E-state index contributed by atoms with van der Waals surface area (Å²) in [6.45, 7) is 6.26. The molecule has 0 aliphatic carbocycles. The maximum atomic E-state index is 12.7. The van der Waals surface area contributed by atoms with Gasteiger partial charge in [-0.2, -0.15) is 5.10 Å². The maximum absolute atomic E-state index is 12.7. The number of benzene rings is 3. The van der Waals surface area contributed by atoms with Gasteiger partial charge in [0, 0.05) is 5.56 Å². The van der Waals surface area contributed by atoms with E-state index in [2.05, 4.69) is 34.9 Å². The van der Waals surface area contributed by atoms with Gasteiger partial charge in [0.2, 0.25) is 0 Å². The summed E-state index contributed by atoms with van der Waals surface area (Å²) < 4.78 is 10.9. The number of rotatable bonds is 10. The van der Waals surface area contributed by atoms with E-state index in [1.165, 1.54) is 5.56 Å². The molecule has 0 saturated heterocycles. The van der Waals surface area contributed by atoms with Gasteiger partial charge in [-0.25, -0.2) is 5.43 Å². The predicted molar refractivity (Wildman–Crippen MR) is 137 cm³/mol. The van der Waals surface area contributed by atoms with Gasteiger partial charge in [0.25, 0.3) is 11.8 Å². The minimum Gasteiger partial charge on any atom is -0.497 e. The van der Waals surface area contributed by atoms with Gasteiger partial charge < -0.3 is 14.8 Å². The lowest BCUT2D eigenvalue weighted by Gasteiger charge is -2.20. The lowest BCUT2D eigenvalue weighted by Crippen LogP contribution is -2.48. The van der Waals surface area contributed by atoms with Crippen LogP contribution in [0.3, 0.4) is 0 Å². The molecule has 0 bridgehead atoms. The zero-order chi connectivity index (χ0) is 25.2. The first kappa shape index (κ1) is 25.5.